The van der Waals surface area contributed by atoms with E-state index >= 15 is 0 Å². The summed E-state index contributed by atoms with van der Waals surface area (Å²) in [5.74, 6) is -5.20. The van der Waals surface area contributed by atoms with Gasteiger partial charge in [-0.3, -0.25) is 4.79 Å². The van der Waals surface area contributed by atoms with Crippen molar-refractivity contribution in [3.8, 4) is 0 Å². The normalized spacial score (nSPS) is 21.0. The summed E-state index contributed by atoms with van der Waals surface area (Å²) in [4.78, 5) is 14.2. The molecule has 8 nitrogen and oxygen atoms in total. The van der Waals surface area contributed by atoms with Gasteiger partial charge in [0.1, 0.15) is 22.2 Å². The summed E-state index contributed by atoms with van der Waals surface area (Å²) >= 11 is 0. The maximum Gasteiger partial charge on any atom is 0.430 e. The van der Waals surface area contributed by atoms with E-state index in [9.17, 15) is 61.1 Å². The number of alkyl halides is 6. The minimum absolute atomic E-state index is 0.0232. The molecule has 19 heteroatoms. The SMILES string of the molecule is CS(=O)(=O)N1CC[C@H](C(=O)N2CC[C@](c3ccc(C(OCc4c(F)cccc4F)(C(F)(F)F)C(F)(F)F)cc3)(S(=O)(=O)c3ccc(F)cc3)C2)C1. The zero-order chi connectivity index (χ0) is 37.8. The number of halogens is 9. The average molecular weight is 773 g/mol. The van der Waals surface area contributed by atoms with Crippen molar-refractivity contribution in [1.82, 2.24) is 9.21 Å². The van der Waals surface area contributed by atoms with Crippen LogP contribution in [-0.2, 0) is 46.3 Å². The molecule has 2 fully saturated rings. The maximum absolute atomic E-state index is 14.5. The van der Waals surface area contributed by atoms with Crippen LogP contribution in [0.25, 0.3) is 0 Å². The number of carbonyl (C=O) groups excluding carboxylic acids is 1. The molecule has 278 valence electrons. The second-order valence-electron chi connectivity index (χ2n) is 12.3. The third-order valence-electron chi connectivity index (χ3n) is 9.26. The van der Waals surface area contributed by atoms with E-state index in [2.05, 4.69) is 4.74 Å². The number of sulfonamides is 1. The van der Waals surface area contributed by atoms with Crippen LogP contribution in [0.5, 0.6) is 0 Å². The molecule has 5 rings (SSSR count). The minimum atomic E-state index is -6.26. The first-order valence-electron chi connectivity index (χ1n) is 15.1. The van der Waals surface area contributed by atoms with E-state index in [-0.39, 0.29) is 31.6 Å². The Balaban J connectivity index is 1.58. The van der Waals surface area contributed by atoms with Crippen molar-refractivity contribution in [2.75, 3.05) is 32.4 Å². The van der Waals surface area contributed by atoms with E-state index in [1.54, 1.807) is 0 Å². The molecule has 0 aromatic heterocycles. The first kappa shape index (κ1) is 38.5. The fourth-order valence-corrected chi connectivity index (χ4v) is 9.47. The lowest BCUT2D eigenvalue weighted by Crippen LogP contribution is -2.56. The molecule has 3 aromatic carbocycles. The van der Waals surface area contributed by atoms with Crippen molar-refractivity contribution in [3.05, 3.63) is 101 Å². The molecule has 51 heavy (non-hydrogen) atoms. The molecular weight excluding hydrogens is 743 g/mol. The molecule has 1 amide bonds. The van der Waals surface area contributed by atoms with E-state index in [0.717, 1.165) is 45.8 Å². The second kappa shape index (κ2) is 13.4. The monoisotopic (exact) mass is 772 g/mol. The summed E-state index contributed by atoms with van der Waals surface area (Å²) in [5, 5.41) is 0. The Labute approximate surface area is 286 Å². The Hall–Kier alpha value is -3.68. The first-order valence-corrected chi connectivity index (χ1v) is 18.4. The third-order valence-corrected chi connectivity index (χ3v) is 13.0. The van der Waals surface area contributed by atoms with Crippen molar-refractivity contribution in [2.24, 2.45) is 5.92 Å². The highest BCUT2D eigenvalue weighted by Crippen LogP contribution is 2.54. The van der Waals surface area contributed by atoms with Gasteiger partial charge in [0.05, 0.1) is 23.7 Å². The summed E-state index contributed by atoms with van der Waals surface area (Å²) in [7, 11) is -8.34. The van der Waals surface area contributed by atoms with E-state index in [1.807, 2.05) is 0 Å². The zero-order valence-electron chi connectivity index (χ0n) is 26.4. The Kier molecular flexibility index (Phi) is 10.1. The van der Waals surface area contributed by atoms with Gasteiger partial charge < -0.3 is 9.64 Å². The van der Waals surface area contributed by atoms with Crippen LogP contribution in [0.15, 0.2) is 71.6 Å². The molecule has 2 heterocycles. The van der Waals surface area contributed by atoms with Gasteiger partial charge in [0.15, 0.2) is 9.84 Å². The molecular formula is C32H29F9N2O6S2. The van der Waals surface area contributed by atoms with Gasteiger partial charge in [0, 0.05) is 37.3 Å². The number of carbonyl (C=O) groups is 1. The molecule has 2 aliphatic heterocycles. The Morgan fingerprint density at radius 1 is 0.843 bits per heavy atom. The van der Waals surface area contributed by atoms with E-state index in [4.69, 9.17) is 0 Å². The molecule has 0 N–H and O–H groups in total. The van der Waals surface area contributed by atoms with Crippen LogP contribution >= 0.6 is 0 Å². The standard InChI is InChI=1S/C32H29F9N2O6S2/c1-50(45,46)43-15-13-20(17-43)28(44)42-16-14-29(19-42,51(47,48)24-11-9-23(33)10-12-24)21-5-7-22(8-6-21)30(31(36,37)38,32(39,40)41)49-18-25-26(34)3-2-4-27(25)35/h2-12,20H,13-19H2,1H3/t20-,29-/m0/s1. The van der Waals surface area contributed by atoms with E-state index in [0.29, 0.717) is 36.4 Å². The average Bonchev–Trinajstić information content (AvgIpc) is 3.71. The predicted molar refractivity (Wildman–Crippen MR) is 162 cm³/mol. The lowest BCUT2D eigenvalue weighted by molar-refractivity contribution is -0.392. The van der Waals surface area contributed by atoms with Crippen LogP contribution in [0, 0.1) is 23.4 Å². The third kappa shape index (κ3) is 6.84. The number of amides is 1. The van der Waals surface area contributed by atoms with Crippen molar-refractivity contribution in [2.45, 2.75) is 47.0 Å². The highest BCUT2D eigenvalue weighted by molar-refractivity contribution is 7.92. The Morgan fingerprint density at radius 3 is 1.92 bits per heavy atom. The number of nitrogens with zero attached hydrogens (tertiary/aromatic N) is 2. The number of ether oxygens (including phenoxy) is 1. The number of rotatable bonds is 9. The summed E-state index contributed by atoms with van der Waals surface area (Å²) in [6, 6.07) is 7.64. The minimum Gasteiger partial charge on any atom is -0.349 e. The summed E-state index contributed by atoms with van der Waals surface area (Å²) in [6.07, 6.45) is -11.8. The highest BCUT2D eigenvalue weighted by atomic mass is 32.2. The molecule has 3 aromatic rings. The highest BCUT2D eigenvalue weighted by Gasteiger charge is 2.73. The van der Waals surface area contributed by atoms with Gasteiger partial charge in [0.2, 0.25) is 15.9 Å². The van der Waals surface area contributed by atoms with Crippen molar-refractivity contribution < 1.29 is 65.9 Å². The van der Waals surface area contributed by atoms with Crippen LogP contribution < -0.4 is 0 Å². The second-order valence-corrected chi connectivity index (χ2v) is 16.6. The van der Waals surface area contributed by atoms with E-state index in [1.165, 1.54) is 0 Å². The topological polar surface area (TPSA) is 101 Å². The first-order chi connectivity index (χ1) is 23.5. The van der Waals surface area contributed by atoms with Gasteiger partial charge in [-0.2, -0.15) is 26.3 Å². The fraction of sp³-hybridized carbons (Fsp3) is 0.406. The predicted octanol–water partition coefficient (Wildman–Crippen LogP) is 5.82. The van der Waals surface area contributed by atoms with Crippen molar-refractivity contribution in [1.29, 1.82) is 0 Å². The Bertz CT molecular complexity index is 1970. The lowest BCUT2D eigenvalue weighted by Gasteiger charge is -2.38. The van der Waals surface area contributed by atoms with Gasteiger partial charge in [-0.15, -0.1) is 0 Å². The van der Waals surface area contributed by atoms with Crippen LogP contribution in [0.1, 0.15) is 29.5 Å². The fourth-order valence-electron chi connectivity index (χ4n) is 6.50. The molecule has 0 radical (unpaired) electrons. The molecule has 0 spiro atoms. The summed E-state index contributed by atoms with van der Waals surface area (Å²) in [5.41, 5.74) is -8.25. The summed E-state index contributed by atoms with van der Waals surface area (Å²) in [6.45, 7) is -2.84. The van der Waals surface area contributed by atoms with Crippen LogP contribution in [0.4, 0.5) is 39.5 Å². The van der Waals surface area contributed by atoms with Gasteiger partial charge in [-0.1, -0.05) is 30.3 Å². The molecule has 0 bridgehead atoms. The van der Waals surface area contributed by atoms with Gasteiger partial charge in [-0.25, -0.2) is 34.3 Å². The summed E-state index contributed by atoms with van der Waals surface area (Å²) < 4.78 is 185. The lowest BCUT2D eigenvalue weighted by atomic mass is 9.88. The van der Waals surface area contributed by atoms with E-state index < -0.39 is 107 Å². The largest absolute Gasteiger partial charge is 0.430 e. The van der Waals surface area contributed by atoms with Gasteiger partial charge in [0.25, 0.3) is 5.60 Å². The molecule has 0 unspecified atom stereocenters. The van der Waals surface area contributed by atoms with Crippen molar-refractivity contribution in [3.63, 3.8) is 0 Å². The number of hydrogen-bond acceptors (Lipinski definition) is 6. The van der Waals surface area contributed by atoms with Gasteiger partial charge >= 0.3 is 12.4 Å². The molecule has 2 atom stereocenters. The smallest absolute Gasteiger partial charge is 0.349 e. The number of hydrogen-bond donors (Lipinski definition) is 0. The van der Waals surface area contributed by atoms with Crippen LogP contribution in [0.2, 0.25) is 0 Å². The Morgan fingerprint density at radius 2 is 1.41 bits per heavy atom. The molecule has 0 aliphatic carbocycles. The zero-order valence-corrected chi connectivity index (χ0v) is 28.1. The van der Waals surface area contributed by atoms with Gasteiger partial charge in [-0.05, 0) is 54.8 Å². The van der Waals surface area contributed by atoms with Crippen LogP contribution in [0.3, 0.4) is 0 Å². The number of benzene rings is 3. The van der Waals surface area contributed by atoms with Crippen molar-refractivity contribution >= 4 is 25.8 Å². The number of likely N-dealkylation sites (tertiary alicyclic amines) is 1. The molecule has 0 saturated carbocycles. The number of sulfone groups is 1. The van der Waals surface area contributed by atoms with Crippen LogP contribution in [-0.4, -0.2) is 76.7 Å². The quantitative estimate of drug-likeness (QED) is 0.201. The molecule has 2 aliphatic rings. The maximum atomic E-state index is 14.5. The molecule has 2 saturated heterocycles.